The first-order chi connectivity index (χ1) is 13.5. The summed E-state index contributed by atoms with van der Waals surface area (Å²) in [6, 6.07) is 12.5. The van der Waals surface area contributed by atoms with E-state index in [1.165, 1.54) is 6.07 Å². The highest BCUT2D eigenvalue weighted by atomic mass is 19.1. The smallest absolute Gasteiger partial charge is 0.240 e. The largest absolute Gasteiger partial charge is 0.508 e. The highest BCUT2D eigenvalue weighted by molar-refractivity contribution is 5.82. The van der Waals surface area contributed by atoms with Gasteiger partial charge in [-0.15, -0.1) is 0 Å². The average molecular weight is 380 g/mol. The second-order valence-corrected chi connectivity index (χ2v) is 7.00. The van der Waals surface area contributed by atoms with Crippen molar-refractivity contribution in [2.45, 2.75) is 25.4 Å². The van der Waals surface area contributed by atoms with Crippen LogP contribution in [0.2, 0.25) is 0 Å². The fourth-order valence-electron chi connectivity index (χ4n) is 3.57. The van der Waals surface area contributed by atoms with Gasteiger partial charge in [-0.25, -0.2) is 4.39 Å². The van der Waals surface area contributed by atoms with Gasteiger partial charge in [0, 0.05) is 36.3 Å². The topological polar surface area (TPSA) is 95.2 Å². The van der Waals surface area contributed by atoms with Crippen molar-refractivity contribution >= 4 is 5.91 Å². The number of rotatable bonds is 4. The Hall–Kier alpha value is -3.19. The van der Waals surface area contributed by atoms with Crippen molar-refractivity contribution in [3.8, 4) is 17.0 Å². The number of halogens is 1. The van der Waals surface area contributed by atoms with Gasteiger partial charge in [-0.3, -0.25) is 9.89 Å². The van der Waals surface area contributed by atoms with E-state index in [9.17, 15) is 14.3 Å². The number of nitrogens with two attached hydrogens (primary N) is 1. The zero-order valence-electron chi connectivity index (χ0n) is 15.2. The second kappa shape index (κ2) is 7.44. The molecular weight excluding hydrogens is 359 g/mol. The maximum atomic E-state index is 14.2. The molecule has 1 atom stereocenters. The van der Waals surface area contributed by atoms with Crippen LogP contribution < -0.4 is 5.73 Å². The fraction of sp³-hybridized carbons (Fsp3) is 0.238. The van der Waals surface area contributed by atoms with E-state index >= 15 is 0 Å². The molecule has 1 amide bonds. The Morgan fingerprint density at radius 3 is 2.75 bits per heavy atom. The lowest BCUT2D eigenvalue weighted by Crippen LogP contribution is -2.46. The molecule has 4 rings (SSSR count). The third-order valence-electron chi connectivity index (χ3n) is 5.08. The van der Waals surface area contributed by atoms with Gasteiger partial charge in [-0.1, -0.05) is 24.3 Å². The van der Waals surface area contributed by atoms with Crippen LogP contribution in [0.4, 0.5) is 4.39 Å². The van der Waals surface area contributed by atoms with Gasteiger partial charge in [0.15, 0.2) is 0 Å². The van der Waals surface area contributed by atoms with Crippen LogP contribution in [-0.4, -0.2) is 38.7 Å². The molecular formula is C21H21FN4O2. The number of carbonyl (C=O) groups is 1. The minimum absolute atomic E-state index is 0.153. The number of fused-ring (bicyclic) bond motifs is 1. The molecule has 3 aromatic rings. The van der Waals surface area contributed by atoms with E-state index in [0.29, 0.717) is 37.2 Å². The van der Waals surface area contributed by atoms with Crippen molar-refractivity contribution in [2.75, 3.05) is 6.54 Å². The van der Waals surface area contributed by atoms with E-state index in [1.54, 1.807) is 47.4 Å². The summed E-state index contributed by atoms with van der Waals surface area (Å²) in [6.07, 6.45) is 1.00. The van der Waals surface area contributed by atoms with Crippen LogP contribution in [-0.2, 0) is 24.2 Å². The third-order valence-corrected chi connectivity index (χ3v) is 5.08. The fourth-order valence-corrected chi connectivity index (χ4v) is 3.57. The standard InChI is InChI=1S/C21H21FN4O2/c22-17-4-2-1-3-15(17)20-16-12-26(10-9-19(16)24-25-20)21(28)18(23)11-13-5-7-14(27)8-6-13/h1-8,18,27H,9-12,23H2,(H,24,25)/t18-/m0/s1. The van der Waals surface area contributed by atoms with E-state index in [4.69, 9.17) is 5.73 Å². The Labute approximate surface area is 161 Å². The van der Waals surface area contributed by atoms with Crippen LogP contribution in [0.5, 0.6) is 5.75 Å². The lowest BCUT2D eigenvalue weighted by atomic mass is 9.99. The molecule has 0 fully saturated rings. The summed E-state index contributed by atoms with van der Waals surface area (Å²) >= 11 is 0. The molecule has 1 aromatic heterocycles. The van der Waals surface area contributed by atoms with Crippen LogP contribution in [0.1, 0.15) is 16.8 Å². The van der Waals surface area contributed by atoms with Gasteiger partial charge < -0.3 is 15.7 Å². The molecule has 2 heterocycles. The number of hydrogen-bond acceptors (Lipinski definition) is 4. The molecule has 4 N–H and O–H groups in total. The van der Waals surface area contributed by atoms with Gasteiger partial charge >= 0.3 is 0 Å². The van der Waals surface area contributed by atoms with Crippen LogP contribution in [0.25, 0.3) is 11.3 Å². The number of phenols is 1. The van der Waals surface area contributed by atoms with Crippen molar-refractivity contribution in [1.29, 1.82) is 0 Å². The molecule has 1 aliphatic heterocycles. The zero-order valence-corrected chi connectivity index (χ0v) is 15.2. The maximum Gasteiger partial charge on any atom is 0.240 e. The number of aromatic hydroxyl groups is 1. The normalized spacial score (nSPS) is 14.6. The number of aromatic amines is 1. The summed E-state index contributed by atoms with van der Waals surface area (Å²) in [5.41, 5.74) is 9.75. The highest BCUT2D eigenvalue weighted by Gasteiger charge is 2.29. The van der Waals surface area contributed by atoms with Gasteiger partial charge in [0.25, 0.3) is 0 Å². The number of nitrogens with one attached hydrogen (secondary N) is 1. The molecule has 2 aromatic carbocycles. The van der Waals surface area contributed by atoms with Crippen molar-refractivity contribution in [1.82, 2.24) is 15.1 Å². The van der Waals surface area contributed by atoms with E-state index in [1.807, 2.05) is 0 Å². The first-order valence-corrected chi connectivity index (χ1v) is 9.16. The van der Waals surface area contributed by atoms with Crippen LogP contribution in [0.3, 0.4) is 0 Å². The number of hydrogen-bond donors (Lipinski definition) is 3. The molecule has 0 radical (unpaired) electrons. The van der Waals surface area contributed by atoms with Crippen LogP contribution in [0.15, 0.2) is 48.5 Å². The molecule has 0 bridgehead atoms. The van der Waals surface area contributed by atoms with Crippen molar-refractivity contribution < 1.29 is 14.3 Å². The van der Waals surface area contributed by atoms with Gasteiger partial charge in [-0.05, 0) is 36.2 Å². The van der Waals surface area contributed by atoms with Crippen molar-refractivity contribution in [3.05, 3.63) is 71.2 Å². The average Bonchev–Trinajstić information content (AvgIpc) is 3.12. The predicted molar refractivity (Wildman–Crippen MR) is 103 cm³/mol. The monoisotopic (exact) mass is 380 g/mol. The predicted octanol–water partition coefficient (Wildman–Crippen LogP) is 2.38. The summed E-state index contributed by atoms with van der Waals surface area (Å²) in [6.45, 7) is 0.881. The summed E-state index contributed by atoms with van der Waals surface area (Å²) in [4.78, 5) is 14.6. The molecule has 28 heavy (non-hydrogen) atoms. The minimum atomic E-state index is -0.685. The molecule has 0 aliphatic carbocycles. The lowest BCUT2D eigenvalue weighted by molar-refractivity contribution is -0.133. The molecule has 1 aliphatic rings. The minimum Gasteiger partial charge on any atom is -0.508 e. The SMILES string of the molecule is N[C@@H](Cc1ccc(O)cc1)C(=O)N1CCc2[nH]nc(-c3ccccc3F)c2C1. The summed E-state index contributed by atoms with van der Waals surface area (Å²) < 4.78 is 14.2. The zero-order chi connectivity index (χ0) is 19.7. The van der Waals surface area contributed by atoms with Gasteiger partial charge in [-0.2, -0.15) is 5.10 Å². The van der Waals surface area contributed by atoms with Crippen molar-refractivity contribution in [3.63, 3.8) is 0 Å². The maximum absolute atomic E-state index is 14.2. The Morgan fingerprint density at radius 2 is 2.00 bits per heavy atom. The quantitative estimate of drug-likeness (QED) is 0.648. The molecule has 0 unspecified atom stereocenters. The summed E-state index contributed by atoms with van der Waals surface area (Å²) in [5, 5.41) is 16.6. The lowest BCUT2D eigenvalue weighted by Gasteiger charge is -2.29. The van der Waals surface area contributed by atoms with Crippen LogP contribution >= 0.6 is 0 Å². The van der Waals surface area contributed by atoms with Crippen molar-refractivity contribution in [2.24, 2.45) is 5.73 Å². The Balaban J connectivity index is 1.52. The first kappa shape index (κ1) is 18.2. The number of nitrogens with zero attached hydrogens (tertiary/aromatic N) is 2. The van der Waals surface area contributed by atoms with E-state index in [-0.39, 0.29) is 17.5 Å². The number of carbonyl (C=O) groups excluding carboxylic acids is 1. The molecule has 144 valence electrons. The van der Waals surface area contributed by atoms with Crippen LogP contribution in [0, 0.1) is 5.82 Å². The Bertz CT molecular complexity index is 1000. The Morgan fingerprint density at radius 1 is 1.25 bits per heavy atom. The van der Waals surface area contributed by atoms with E-state index in [0.717, 1.165) is 16.8 Å². The van der Waals surface area contributed by atoms with Gasteiger partial charge in [0.05, 0.1) is 6.04 Å². The first-order valence-electron chi connectivity index (χ1n) is 9.16. The Kier molecular flexibility index (Phi) is 4.83. The highest BCUT2D eigenvalue weighted by Crippen LogP contribution is 2.30. The number of phenolic OH excluding ortho intramolecular Hbond substituents is 1. The number of amides is 1. The molecule has 6 nitrogen and oxygen atoms in total. The number of benzene rings is 2. The second-order valence-electron chi connectivity index (χ2n) is 7.00. The third kappa shape index (κ3) is 3.48. The number of aromatic nitrogens is 2. The molecule has 0 saturated carbocycles. The van der Waals surface area contributed by atoms with Gasteiger partial charge in [0.1, 0.15) is 17.3 Å². The van der Waals surface area contributed by atoms with E-state index in [2.05, 4.69) is 10.2 Å². The molecule has 0 saturated heterocycles. The molecule has 7 heteroatoms. The van der Waals surface area contributed by atoms with E-state index < -0.39 is 6.04 Å². The summed E-state index contributed by atoms with van der Waals surface area (Å²) in [5.74, 6) is -0.323. The summed E-state index contributed by atoms with van der Waals surface area (Å²) in [7, 11) is 0. The molecule has 0 spiro atoms. The number of H-pyrrole nitrogens is 1. The van der Waals surface area contributed by atoms with Gasteiger partial charge in [0.2, 0.25) is 5.91 Å².